The molecule has 1 aromatic heterocycles. The van der Waals surface area contributed by atoms with Gasteiger partial charge in [0.1, 0.15) is 6.54 Å². The summed E-state index contributed by atoms with van der Waals surface area (Å²) in [4.78, 5) is 12.4. The predicted octanol–water partition coefficient (Wildman–Crippen LogP) is 5.32. The van der Waals surface area contributed by atoms with Crippen LogP contribution in [-0.2, 0) is 23.2 Å². The van der Waals surface area contributed by atoms with E-state index in [1.807, 2.05) is 6.20 Å². The molecule has 3 N–H and O–H groups in total. The number of unbranched alkanes of at least 4 members (excludes halogenated alkanes) is 11. The third-order valence-electron chi connectivity index (χ3n) is 7.98. The maximum atomic E-state index is 12.4. The van der Waals surface area contributed by atoms with E-state index in [4.69, 9.17) is 0 Å². The monoisotopic (exact) mass is 494 g/mol. The number of carbonyl (C=O) groups is 1. The van der Waals surface area contributed by atoms with Crippen LogP contribution in [0.4, 0.5) is 5.69 Å². The number of hydrogen-bond acceptors (Lipinski definition) is 5. The lowest BCUT2D eigenvalue weighted by molar-refractivity contribution is -0.121. The van der Waals surface area contributed by atoms with Crippen molar-refractivity contribution >= 4 is 11.6 Å². The number of carbonyl (C=O) groups excluding carboxylic acids is 1. The fourth-order valence-corrected chi connectivity index (χ4v) is 5.96. The molecule has 7 heteroatoms. The van der Waals surface area contributed by atoms with Gasteiger partial charge in [0.05, 0.1) is 11.9 Å². The fraction of sp³-hybridized carbons (Fsp3) is 0.690. The van der Waals surface area contributed by atoms with Crippen LogP contribution in [0.3, 0.4) is 0 Å². The zero-order valence-electron chi connectivity index (χ0n) is 22.2. The number of hydrogen-bond donors (Lipinski definition) is 3. The standard InChI is InChI=1S/C29H46N6O/c1-2-3-4-5-6-7-8-9-10-11-12-15-19-30-27(36)23-35-22-24(33-34-35)21-29-18-20-31-28(29)32-26-17-14-13-16-25(26)29/h13-14,16-17,22,28,31-32H,2-12,15,18-21,23H2,1H3,(H,30,36)/t28-,29-/m1/s1. The van der Waals surface area contributed by atoms with Crippen LogP contribution in [-0.4, -0.2) is 40.2 Å². The molecule has 0 spiro atoms. The van der Waals surface area contributed by atoms with Crippen molar-refractivity contribution in [1.82, 2.24) is 25.6 Å². The Morgan fingerprint density at radius 3 is 2.47 bits per heavy atom. The number of fused-ring (bicyclic) bond motifs is 3. The van der Waals surface area contributed by atoms with E-state index in [0.717, 1.165) is 38.0 Å². The second-order valence-corrected chi connectivity index (χ2v) is 10.8. The number of aromatic nitrogens is 3. The number of anilines is 1. The average molecular weight is 495 g/mol. The molecule has 1 aromatic carbocycles. The molecule has 36 heavy (non-hydrogen) atoms. The third kappa shape index (κ3) is 7.09. The Hall–Kier alpha value is -2.41. The van der Waals surface area contributed by atoms with E-state index in [9.17, 15) is 4.79 Å². The van der Waals surface area contributed by atoms with Crippen molar-refractivity contribution in [3.63, 3.8) is 0 Å². The Bertz CT molecular complexity index is 943. The molecule has 1 saturated heterocycles. The summed E-state index contributed by atoms with van der Waals surface area (Å²) in [7, 11) is 0. The van der Waals surface area contributed by atoms with Gasteiger partial charge in [-0.05, 0) is 31.0 Å². The number of benzene rings is 1. The topological polar surface area (TPSA) is 83.9 Å². The van der Waals surface area contributed by atoms with Crippen LogP contribution < -0.4 is 16.0 Å². The van der Waals surface area contributed by atoms with E-state index in [1.165, 1.54) is 81.9 Å². The van der Waals surface area contributed by atoms with E-state index >= 15 is 0 Å². The van der Waals surface area contributed by atoms with Gasteiger partial charge in [0, 0.05) is 30.3 Å². The van der Waals surface area contributed by atoms with Gasteiger partial charge in [-0.25, -0.2) is 4.68 Å². The van der Waals surface area contributed by atoms with E-state index in [-0.39, 0.29) is 24.0 Å². The highest BCUT2D eigenvalue weighted by Gasteiger charge is 2.50. The summed E-state index contributed by atoms with van der Waals surface area (Å²) in [6.07, 6.45) is 19.9. The molecule has 2 aromatic rings. The quantitative estimate of drug-likeness (QED) is 0.259. The molecule has 198 valence electrons. The smallest absolute Gasteiger partial charge is 0.241 e. The molecule has 4 rings (SSSR count). The number of nitrogens with zero attached hydrogens (tertiary/aromatic N) is 3. The largest absolute Gasteiger partial charge is 0.369 e. The Morgan fingerprint density at radius 1 is 1.03 bits per heavy atom. The van der Waals surface area contributed by atoms with Gasteiger partial charge in [0.2, 0.25) is 5.91 Å². The summed E-state index contributed by atoms with van der Waals surface area (Å²) in [5.41, 5.74) is 3.50. The zero-order chi connectivity index (χ0) is 25.1. The van der Waals surface area contributed by atoms with Crippen LogP contribution in [0.15, 0.2) is 30.5 Å². The summed E-state index contributed by atoms with van der Waals surface area (Å²) < 4.78 is 1.68. The zero-order valence-corrected chi connectivity index (χ0v) is 22.2. The minimum absolute atomic E-state index is 0.00561. The normalized spacial score (nSPS) is 20.2. The van der Waals surface area contributed by atoms with Crippen molar-refractivity contribution in [2.24, 2.45) is 0 Å². The molecular weight excluding hydrogens is 448 g/mol. The van der Waals surface area contributed by atoms with Gasteiger partial charge >= 0.3 is 0 Å². The van der Waals surface area contributed by atoms with Crippen LogP contribution in [0, 0.1) is 0 Å². The molecule has 1 fully saturated rings. The van der Waals surface area contributed by atoms with Gasteiger partial charge in [-0.2, -0.15) is 0 Å². The molecule has 7 nitrogen and oxygen atoms in total. The first-order chi connectivity index (χ1) is 17.7. The first-order valence-electron chi connectivity index (χ1n) is 14.5. The van der Waals surface area contributed by atoms with Crippen molar-refractivity contribution in [2.75, 3.05) is 18.4 Å². The Morgan fingerprint density at radius 2 is 1.72 bits per heavy atom. The lowest BCUT2D eigenvalue weighted by Crippen LogP contribution is -2.42. The number of rotatable bonds is 17. The van der Waals surface area contributed by atoms with Crippen molar-refractivity contribution < 1.29 is 4.79 Å². The molecular formula is C29H46N6O. The number of nitrogens with one attached hydrogen (secondary N) is 3. The van der Waals surface area contributed by atoms with Crippen molar-refractivity contribution in [3.05, 3.63) is 41.7 Å². The summed E-state index contributed by atoms with van der Waals surface area (Å²) >= 11 is 0. The van der Waals surface area contributed by atoms with Crippen molar-refractivity contribution in [3.8, 4) is 0 Å². The van der Waals surface area contributed by atoms with Crippen molar-refractivity contribution in [1.29, 1.82) is 0 Å². The summed E-state index contributed by atoms with van der Waals surface area (Å²) in [6.45, 7) is 4.24. The highest BCUT2D eigenvalue weighted by atomic mass is 16.2. The van der Waals surface area contributed by atoms with Gasteiger partial charge in [-0.3, -0.25) is 10.1 Å². The Kier molecular flexibility index (Phi) is 10.2. The van der Waals surface area contributed by atoms with Crippen LogP contribution >= 0.6 is 0 Å². The molecule has 0 bridgehead atoms. The highest BCUT2D eigenvalue weighted by Crippen LogP contribution is 2.47. The van der Waals surface area contributed by atoms with Crippen LogP contribution in [0.25, 0.3) is 0 Å². The molecule has 0 saturated carbocycles. The summed E-state index contributed by atoms with van der Waals surface area (Å²) in [6, 6.07) is 8.56. The molecule has 0 aliphatic carbocycles. The van der Waals surface area contributed by atoms with Gasteiger partial charge in [-0.1, -0.05) is 101 Å². The van der Waals surface area contributed by atoms with E-state index in [1.54, 1.807) is 4.68 Å². The maximum Gasteiger partial charge on any atom is 0.241 e. The van der Waals surface area contributed by atoms with E-state index in [0.29, 0.717) is 0 Å². The maximum absolute atomic E-state index is 12.4. The second-order valence-electron chi connectivity index (χ2n) is 10.8. The van der Waals surface area contributed by atoms with Crippen molar-refractivity contribution in [2.45, 2.75) is 115 Å². The second kappa shape index (κ2) is 13.8. The lowest BCUT2D eigenvalue weighted by Gasteiger charge is -2.28. The van der Waals surface area contributed by atoms with E-state index < -0.39 is 0 Å². The number of para-hydroxylation sites is 1. The first-order valence-corrected chi connectivity index (χ1v) is 14.5. The van der Waals surface area contributed by atoms with Crippen LogP contribution in [0.5, 0.6) is 0 Å². The summed E-state index contributed by atoms with van der Waals surface area (Å²) in [5.74, 6) is 0.0148. The number of amides is 1. The summed E-state index contributed by atoms with van der Waals surface area (Å²) in [5, 5.41) is 18.9. The average Bonchev–Trinajstić information content (AvgIpc) is 3.56. The molecule has 0 radical (unpaired) electrons. The van der Waals surface area contributed by atoms with E-state index in [2.05, 4.69) is 57.5 Å². The van der Waals surface area contributed by atoms with Gasteiger partial charge < -0.3 is 10.6 Å². The SMILES string of the molecule is CCCCCCCCCCCCCCNC(=O)Cn1cc(C[C@@]23CCN[C@@H]2Nc2ccccc23)nn1. The molecule has 2 aliphatic heterocycles. The lowest BCUT2D eigenvalue weighted by atomic mass is 9.76. The van der Waals surface area contributed by atoms with Gasteiger partial charge in [0.15, 0.2) is 0 Å². The minimum Gasteiger partial charge on any atom is -0.369 e. The fourth-order valence-electron chi connectivity index (χ4n) is 5.96. The predicted molar refractivity (Wildman–Crippen MR) is 146 cm³/mol. The Balaban J connectivity index is 1.09. The Labute approximate surface area is 217 Å². The minimum atomic E-state index is -0.00561. The molecule has 2 atom stereocenters. The highest BCUT2D eigenvalue weighted by molar-refractivity contribution is 5.75. The molecule has 0 unspecified atom stereocenters. The first kappa shape index (κ1) is 26.6. The molecule has 3 heterocycles. The van der Waals surface area contributed by atoms with Gasteiger partial charge in [-0.15, -0.1) is 5.10 Å². The van der Waals surface area contributed by atoms with Crippen LogP contribution in [0.2, 0.25) is 0 Å². The molecule has 1 amide bonds. The van der Waals surface area contributed by atoms with Crippen LogP contribution in [0.1, 0.15) is 102 Å². The van der Waals surface area contributed by atoms with Gasteiger partial charge in [0.25, 0.3) is 0 Å². The molecule has 2 aliphatic rings. The third-order valence-corrected chi connectivity index (χ3v) is 7.98.